The maximum atomic E-state index is 13.3. The van der Waals surface area contributed by atoms with Crippen LogP contribution in [-0.2, 0) is 16.0 Å². The minimum absolute atomic E-state index is 0.0459. The normalized spacial score (nSPS) is 22.0. The number of aryl methyl sites for hydroxylation is 1. The molecule has 5 rings (SSSR count). The van der Waals surface area contributed by atoms with Crippen LogP contribution in [0.3, 0.4) is 0 Å². The highest BCUT2D eigenvalue weighted by atomic mass is 79.9. The molecule has 3 heterocycles. The number of amides is 3. The van der Waals surface area contributed by atoms with Crippen LogP contribution in [0.15, 0.2) is 46.9 Å². The van der Waals surface area contributed by atoms with Crippen LogP contribution >= 0.6 is 15.9 Å². The summed E-state index contributed by atoms with van der Waals surface area (Å²) in [5.74, 6) is 0.0712. The lowest BCUT2D eigenvalue weighted by atomic mass is 9.97. The monoisotopic (exact) mass is 495 g/mol. The van der Waals surface area contributed by atoms with Crippen LogP contribution in [0.25, 0.3) is 0 Å². The fourth-order valence-electron chi connectivity index (χ4n) is 5.39. The summed E-state index contributed by atoms with van der Waals surface area (Å²) in [5.41, 5.74) is 2.77. The number of halogens is 1. The zero-order valence-electron chi connectivity index (χ0n) is 18.1. The Balaban J connectivity index is 1.32. The van der Waals surface area contributed by atoms with E-state index in [9.17, 15) is 14.4 Å². The van der Waals surface area contributed by atoms with Crippen LogP contribution in [-0.4, -0.2) is 41.4 Å². The summed E-state index contributed by atoms with van der Waals surface area (Å²) in [6.07, 6.45) is 3.88. The third-order valence-corrected chi connectivity index (χ3v) is 7.47. The van der Waals surface area contributed by atoms with Crippen molar-refractivity contribution in [1.82, 2.24) is 4.90 Å². The van der Waals surface area contributed by atoms with Gasteiger partial charge in [0.15, 0.2) is 0 Å². The van der Waals surface area contributed by atoms with Gasteiger partial charge in [-0.15, -0.1) is 0 Å². The van der Waals surface area contributed by atoms with Gasteiger partial charge in [0.2, 0.25) is 11.8 Å². The molecule has 2 aromatic rings. The number of carbonyl (C=O) groups excluding carboxylic acids is 3. The molecule has 0 bridgehead atoms. The minimum Gasteiger partial charge on any atom is -0.315 e. The van der Waals surface area contributed by atoms with Gasteiger partial charge in [-0.3, -0.25) is 19.3 Å². The molecule has 3 amide bonds. The van der Waals surface area contributed by atoms with E-state index in [0.29, 0.717) is 43.5 Å². The number of benzene rings is 2. The molecule has 0 aromatic heterocycles. The highest BCUT2D eigenvalue weighted by Crippen LogP contribution is 2.44. The standard InChI is InChI=1S/C25H26BrN3O3/c1-25-13-12-23(31)29(25)21-8-3-2-7-19(21)24(32)28(25)15-5-9-22(30)27-14-4-6-17-16-18(26)10-11-20(17)27/h2-3,7-8,10-11,16H,4-6,9,12-15H2,1H3. The Hall–Kier alpha value is -2.67. The third-order valence-electron chi connectivity index (χ3n) is 6.98. The first-order valence-corrected chi connectivity index (χ1v) is 12.0. The third kappa shape index (κ3) is 3.34. The Morgan fingerprint density at radius 3 is 2.75 bits per heavy atom. The van der Waals surface area contributed by atoms with Crippen molar-refractivity contribution in [3.63, 3.8) is 0 Å². The highest BCUT2D eigenvalue weighted by molar-refractivity contribution is 9.10. The van der Waals surface area contributed by atoms with E-state index >= 15 is 0 Å². The lowest BCUT2D eigenvalue weighted by molar-refractivity contribution is -0.119. The summed E-state index contributed by atoms with van der Waals surface area (Å²) in [7, 11) is 0. The highest BCUT2D eigenvalue weighted by Gasteiger charge is 2.52. The van der Waals surface area contributed by atoms with E-state index < -0.39 is 5.66 Å². The second kappa shape index (κ2) is 8.03. The van der Waals surface area contributed by atoms with Gasteiger partial charge in [0.1, 0.15) is 5.66 Å². The first-order chi connectivity index (χ1) is 15.4. The van der Waals surface area contributed by atoms with Crippen molar-refractivity contribution < 1.29 is 14.4 Å². The lowest BCUT2D eigenvalue weighted by Crippen LogP contribution is -2.62. The Labute approximate surface area is 196 Å². The SMILES string of the molecule is CC12CCC(=O)N1c1ccccc1C(=O)N2CCCC(=O)N1CCCc2cc(Br)ccc21. The first-order valence-electron chi connectivity index (χ1n) is 11.2. The zero-order valence-corrected chi connectivity index (χ0v) is 19.7. The second-order valence-corrected chi connectivity index (χ2v) is 9.86. The van der Waals surface area contributed by atoms with Crippen molar-refractivity contribution >= 4 is 45.0 Å². The molecule has 0 saturated carbocycles. The van der Waals surface area contributed by atoms with Gasteiger partial charge in [-0.2, -0.15) is 0 Å². The van der Waals surface area contributed by atoms with Gasteiger partial charge in [-0.05, 0) is 68.5 Å². The molecule has 1 fully saturated rings. The molecule has 3 aliphatic heterocycles. The summed E-state index contributed by atoms with van der Waals surface area (Å²) in [5, 5.41) is 0. The van der Waals surface area contributed by atoms with Crippen molar-refractivity contribution in [2.75, 3.05) is 22.9 Å². The van der Waals surface area contributed by atoms with E-state index in [1.807, 2.05) is 42.2 Å². The van der Waals surface area contributed by atoms with Gasteiger partial charge >= 0.3 is 0 Å². The van der Waals surface area contributed by atoms with Gasteiger partial charge in [-0.1, -0.05) is 28.1 Å². The summed E-state index contributed by atoms with van der Waals surface area (Å²) < 4.78 is 1.03. The van der Waals surface area contributed by atoms with E-state index in [-0.39, 0.29) is 17.7 Å². The molecule has 0 N–H and O–H groups in total. The summed E-state index contributed by atoms with van der Waals surface area (Å²) in [4.78, 5) is 44.6. The van der Waals surface area contributed by atoms with Gasteiger partial charge in [0.25, 0.3) is 5.91 Å². The van der Waals surface area contributed by atoms with Gasteiger partial charge in [0, 0.05) is 36.1 Å². The summed E-state index contributed by atoms with van der Waals surface area (Å²) in [6, 6.07) is 13.4. The molecule has 1 saturated heterocycles. The quantitative estimate of drug-likeness (QED) is 0.626. The number of carbonyl (C=O) groups is 3. The molecule has 0 radical (unpaired) electrons. The van der Waals surface area contributed by atoms with Crippen LogP contribution in [0.2, 0.25) is 0 Å². The molecule has 6 nitrogen and oxygen atoms in total. The molecular formula is C25H26BrN3O3. The number of hydrogen-bond acceptors (Lipinski definition) is 3. The van der Waals surface area contributed by atoms with Crippen LogP contribution in [0.5, 0.6) is 0 Å². The molecule has 1 unspecified atom stereocenters. The topological polar surface area (TPSA) is 60.9 Å². The van der Waals surface area contributed by atoms with E-state index in [0.717, 1.165) is 29.5 Å². The van der Waals surface area contributed by atoms with Crippen LogP contribution in [0, 0.1) is 0 Å². The first kappa shape index (κ1) is 21.2. The number of anilines is 2. The van der Waals surface area contributed by atoms with Gasteiger partial charge in [0.05, 0.1) is 11.3 Å². The van der Waals surface area contributed by atoms with Crippen molar-refractivity contribution in [2.45, 2.75) is 51.1 Å². The lowest BCUT2D eigenvalue weighted by Gasteiger charge is -2.48. The van der Waals surface area contributed by atoms with Crippen molar-refractivity contribution in [3.8, 4) is 0 Å². The van der Waals surface area contributed by atoms with E-state index in [2.05, 4.69) is 22.0 Å². The van der Waals surface area contributed by atoms with E-state index in [1.54, 1.807) is 15.9 Å². The number of rotatable bonds is 4. The van der Waals surface area contributed by atoms with Crippen LogP contribution < -0.4 is 9.80 Å². The predicted molar refractivity (Wildman–Crippen MR) is 127 cm³/mol. The number of fused-ring (bicyclic) bond motifs is 4. The molecule has 2 aromatic carbocycles. The van der Waals surface area contributed by atoms with Crippen LogP contribution in [0.1, 0.15) is 54.9 Å². The van der Waals surface area contributed by atoms with Crippen LogP contribution in [0.4, 0.5) is 11.4 Å². The number of nitrogens with zero attached hydrogens (tertiary/aromatic N) is 3. The molecule has 166 valence electrons. The average molecular weight is 496 g/mol. The molecule has 0 aliphatic carbocycles. The molecule has 1 atom stereocenters. The molecule has 32 heavy (non-hydrogen) atoms. The predicted octanol–water partition coefficient (Wildman–Crippen LogP) is 4.51. The molecule has 7 heteroatoms. The minimum atomic E-state index is -0.671. The Morgan fingerprint density at radius 2 is 1.91 bits per heavy atom. The van der Waals surface area contributed by atoms with Gasteiger partial charge in [-0.25, -0.2) is 0 Å². The van der Waals surface area contributed by atoms with Crippen molar-refractivity contribution in [2.24, 2.45) is 0 Å². The fourth-order valence-corrected chi connectivity index (χ4v) is 5.80. The van der Waals surface area contributed by atoms with E-state index in [1.165, 1.54) is 5.56 Å². The summed E-state index contributed by atoms with van der Waals surface area (Å²) >= 11 is 3.51. The second-order valence-electron chi connectivity index (χ2n) is 8.95. The average Bonchev–Trinajstić information content (AvgIpc) is 3.10. The van der Waals surface area contributed by atoms with Gasteiger partial charge < -0.3 is 9.80 Å². The Morgan fingerprint density at radius 1 is 1.09 bits per heavy atom. The van der Waals surface area contributed by atoms with Crippen molar-refractivity contribution in [3.05, 3.63) is 58.1 Å². The van der Waals surface area contributed by atoms with E-state index in [4.69, 9.17) is 0 Å². The smallest absolute Gasteiger partial charge is 0.257 e. The molecule has 0 spiro atoms. The maximum Gasteiger partial charge on any atom is 0.257 e. The molecule has 3 aliphatic rings. The Kier molecular flexibility index (Phi) is 5.32. The zero-order chi connectivity index (χ0) is 22.5. The van der Waals surface area contributed by atoms with Crippen molar-refractivity contribution in [1.29, 1.82) is 0 Å². The number of para-hydroxylation sites is 1. The molecular weight excluding hydrogens is 470 g/mol. The summed E-state index contributed by atoms with van der Waals surface area (Å²) in [6.45, 7) is 3.13. The largest absolute Gasteiger partial charge is 0.315 e. The fraction of sp³-hybridized carbons (Fsp3) is 0.400. The number of hydrogen-bond donors (Lipinski definition) is 0. The maximum absolute atomic E-state index is 13.3. The Bertz CT molecular complexity index is 1120.